The number of nitrogens with two attached hydrogens (primary N) is 4. The van der Waals surface area contributed by atoms with Crippen LogP contribution in [0.3, 0.4) is 0 Å². The highest BCUT2D eigenvalue weighted by Crippen LogP contribution is 2.21. The van der Waals surface area contributed by atoms with Crippen molar-refractivity contribution in [1.82, 2.24) is 20.4 Å². The minimum Gasteiger partial charge on any atom is -0.398 e. The lowest BCUT2D eigenvalue weighted by Gasteiger charge is -2.15. The maximum atomic E-state index is 12.2. The van der Waals surface area contributed by atoms with Crippen LogP contribution in [0.2, 0.25) is 0 Å². The number of benzene rings is 4. The monoisotopic (exact) mass is 953 g/mol. The summed E-state index contributed by atoms with van der Waals surface area (Å²) < 4.78 is 0. The van der Waals surface area contributed by atoms with Crippen LogP contribution >= 0.6 is 9.39 Å². The molecular formula is C55H85N8O4P. The van der Waals surface area contributed by atoms with Crippen LogP contribution in [0.15, 0.2) is 116 Å². The molecule has 2 aromatic heterocycles. The second kappa shape index (κ2) is 37.1. The Hall–Kier alpha value is -5.91. The summed E-state index contributed by atoms with van der Waals surface area (Å²) >= 11 is 0. The quantitative estimate of drug-likeness (QED) is 0.0188. The normalized spacial score (nSPS) is 10.6. The van der Waals surface area contributed by atoms with E-state index in [1.165, 1.54) is 53.0 Å². The molecule has 0 bridgehead atoms. The molecule has 3 atom stereocenters. The Kier molecular flexibility index (Phi) is 35.0. The molecule has 12 nitrogen and oxygen atoms in total. The summed E-state index contributed by atoms with van der Waals surface area (Å²) in [5, 5.41) is 7.85. The zero-order valence-electron chi connectivity index (χ0n) is 40.3. The molecule has 0 aliphatic heterocycles. The number of unbranched alkanes of at least 4 members (excludes halogenated alkanes) is 6. The summed E-state index contributed by atoms with van der Waals surface area (Å²) in [5.74, 6) is 0.0279. The lowest BCUT2D eigenvalue weighted by molar-refractivity contribution is -0.126. The molecular weight excluding hydrogens is 868 g/mol. The second-order valence-corrected chi connectivity index (χ2v) is 16.3. The van der Waals surface area contributed by atoms with Crippen LogP contribution in [0, 0.1) is 0 Å². The second-order valence-electron chi connectivity index (χ2n) is 15.7. The zero-order valence-corrected chi connectivity index (χ0v) is 41.5. The number of Topliss-reactive ketones (excluding diaryl/α,β-unsaturated/α-hetero) is 3. The highest BCUT2D eigenvalue weighted by molar-refractivity contribution is 7.13. The van der Waals surface area contributed by atoms with Gasteiger partial charge in [-0.2, -0.15) is 0 Å². The molecule has 0 saturated carbocycles. The topological polar surface area (TPSA) is 228 Å². The van der Waals surface area contributed by atoms with E-state index in [4.69, 9.17) is 17.2 Å². The van der Waals surface area contributed by atoms with Gasteiger partial charge >= 0.3 is 0 Å². The number of aromatic nitrogens is 2. The van der Waals surface area contributed by atoms with Gasteiger partial charge in [0.15, 0.2) is 11.6 Å². The van der Waals surface area contributed by atoms with E-state index in [0.29, 0.717) is 30.5 Å². The average molecular weight is 953 g/mol. The van der Waals surface area contributed by atoms with Gasteiger partial charge in [-0.15, -0.1) is 0 Å². The number of para-hydroxylation sites is 4. The molecule has 6 rings (SSSR count). The Balaban J connectivity index is 0. The van der Waals surface area contributed by atoms with Crippen LogP contribution in [-0.2, 0) is 27.2 Å². The van der Waals surface area contributed by atoms with E-state index in [1.807, 2.05) is 105 Å². The molecule has 374 valence electrons. The third kappa shape index (κ3) is 24.2. The molecule has 68 heavy (non-hydrogen) atoms. The summed E-state index contributed by atoms with van der Waals surface area (Å²) in [6.07, 6.45) is 13.8. The number of ketones is 3. The molecule has 12 N–H and O–H groups in total. The Labute approximate surface area is 410 Å². The van der Waals surface area contributed by atoms with Crippen LogP contribution in [0.1, 0.15) is 128 Å². The molecule has 0 radical (unpaired) electrons. The van der Waals surface area contributed by atoms with E-state index in [2.05, 4.69) is 49.0 Å². The van der Waals surface area contributed by atoms with Gasteiger partial charge in [0, 0.05) is 64.0 Å². The molecule has 0 aliphatic rings. The summed E-state index contributed by atoms with van der Waals surface area (Å²) in [6.45, 7) is 12.6. The molecule has 0 fully saturated rings. The molecule has 2 heterocycles. The maximum Gasteiger partial charge on any atom is 0.220 e. The number of rotatable bonds is 17. The van der Waals surface area contributed by atoms with E-state index in [0.717, 1.165) is 62.6 Å². The van der Waals surface area contributed by atoms with E-state index >= 15 is 0 Å². The molecule has 0 spiro atoms. The van der Waals surface area contributed by atoms with Gasteiger partial charge in [-0.25, -0.2) is 0 Å². The molecule has 3 unspecified atom stereocenters. The van der Waals surface area contributed by atoms with Crippen molar-refractivity contribution in [3.8, 4) is 0 Å². The van der Waals surface area contributed by atoms with Gasteiger partial charge in [0.05, 0.1) is 12.1 Å². The van der Waals surface area contributed by atoms with Crippen molar-refractivity contribution < 1.29 is 19.2 Å². The van der Waals surface area contributed by atoms with Gasteiger partial charge in [0.1, 0.15) is 5.78 Å². The number of carbonyl (C=O) groups excluding carboxylic acids is 4. The minimum absolute atomic E-state index is 0. The van der Waals surface area contributed by atoms with Gasteiger partial charge < -0.3 is 43.3 Å². The Bertz CT molecular complexity index is 2300. The van der Waals surface area contributed by atoms with Crippen molar-refractivity contribution in [2.75, 3.05) is 25.6 Å². The fourth-order valence-corrected chi connectivity index (χ4v) is 6.71. The van der Waals surface area contributed by atoms with Crippen molar-refractivity contribution in [1.29, 1.82) is 0 Å². The van der Waals surface area contributed by atoms with E-state index in [9.17, 15) is 19.2 Å². The average Bonchev–Trinajstić information content (AvgIpc) is 3.91. The van der Waals surface area contributed by atoms with Crippen molar-refractivity contribution in [2.24, 2.45) is 11.5 Å². The van der Waals surface area contributed by atoms with E-state index in [1.54, 1.807) is 25.1 Å². The summed E-state index contributed by atoms with van der Waals surface area (Å²) in [7, 11) is 5.67. The molecule has 1 amide bonds. The number of hydrogen-bond donors (Lipinski definition) is 8. The van der Waals surface area contributed by atoms with Crippen LogP contribution < -0.4 is 33.3 Å². The van der Waals surface area contributed by atoms with E-state index in [-0.39, 0.29) is 38.1 Å². The third-order valence-corrected chi connectivity index (χ3v) is 10.3. The Morgan fingerprint density at radius 1 is 0.632 bits per heavy atom. The number of nitrogen functional groups attached to an aromatic ring is 2. The number of nitrogens with one attached hydrogen (secondary N) is 4. The van der Waals surface area contributed by atoms with Gasteiger partial charge in [0.25, 0.3) is 0 Å². The molecule has 4 aromatic carbocycles. The number of fused-ring (bicyclic) bond motifs is 2. The SMILES string of the molecule is C.C.C=C(C)c1ccccc1N.CC(=O)C(N)Cc1c[nH]c2ccccc12.CC(=O)c1ccccc1N.CCCCCCCCCC(=O)NC(Cc1c[nH]c2ccccc12)C(C)=O.CN.CNP. The van der Waals surface area contributed by atoms with Crippen molar-refractivity contribution in [3.05, 3.63) is 138 Å². The van der Waals surface area contributed by atoms with Crippen molar-refractivity contribution in [2.45, 2.75) is 126 Å². The van der Waals surface area contributed by atoms with Crippen LogP contribution in [-0.4, -0.2) is 59.4 Å². The number of amides is 1. The number of anilines is 2. The first-order valence-corrected chi connectivity index (χ1v) is 23.2. The first kappa shape index (κ1) is 64.2. The maximum absolute atomic E-state index is 12.2. The highest BCUT2D eigenvalue weighted by atomic mass is 31.0. The largest absolute Gasteiger partial charge is 0.398 e. The number of allylic oxidation sites excluding steroid dienone is 1. The standard InChI is InChI=1S/C22H32N2O2.C12H14N2O.C9H11N.C8H9NO.CH6NP.CH5N.2CH4/c1-3-4-5-6-7-8-9-14-22(26)24-21(17(2)25)15-18-16-23-20-13-11-10-12-19(18)20;1-8(15)11(13)6-9-7-14-12-5-3-2-4-10(9)12;1-7(2)8-5-3-4-6-9(8)10;1-6(10)7-4-2-3-5-8(7)9;1-2-3;1-2;;/h10-13,16,21,23H,3-9,14-15H2,1-2H3,(H,24,26);2-5,7,11,14H,6,13H2,1H3;3-6H,1,10H2,2H3;2-5H,9H2,1H3;2H,3H2,1H3;2H2,1H3;2*1H4. The smallest absolute Gasteiger partial charge is 0.220 e. The van der Waals surface area contributed by atoms with Gasteiger partial charge in [-0.05, 0) is 107 Å². The molecule has 6 aromatic rings. The lowest BCUT2D eigenvalue weighted by atomic mass is 10.0. The van der Waals surface area contributed by atoms with Crippen LogP contribution in [0.4, 0.5) is 11.4 Å². The van der Waals surface area contributed by atoms with Gasteiger partial charge in [-0.1, -0.05) is 143 Å². The number of aromatic amines is 2. The fraction of sp³-hybridized carbons (Fsp3) is 0.382. The highest BCUT2D eigenvalue weighted by Gasteiger charge is 2.19. The summed E-state index contributed by atoms with van der Waals surface area (Å²) in [4.78, 5) is 52.5. The lowest BCUT2D eigenvalue weighted by Crippen LogP contribution is -2.41. The van der Waals surface area contributed by atoms with Crippen LogP contribution in [0.25, 0.3) is 27.4 Å². The van der Waals surface area contributed by atoms with Crippen molar-refractivity contribution >= 4 is 71.4 Å². The van der Waals surface area contributed by atoms with Gasteiger partial charge in [-0.3, -0.25) is 19.2 Å². The van der Waals surface area contributed by atoms with Crippen molar-refractivity contribution in [3.63, 3.8) is 0 Å². The third-order valence-electron chi connectivity index (χ3n) is 10.3. The predicted molar refractivity (Wildman–Crippen MR) is 297 cm³/mol. The fourth-order valence-electron chi connectivity index (χ4n) is 6.71. The number of hydrogen-bond acceptors (Lipinski definition) is 9. The predicted octanol–water partition coefficient (Wildman–Crippen LogP) is 11.2. The number of H-pyrrole nitrogens is 2. The van der Waals surface area contributed by atoms with Gasteiger partial charge in [0.2, 0.25) is 5.91 Å². The first-order valence-electron chi connectivity index (χ1n) is 22.6. The molecule has 0 aliphatic carbocycles. The summed E-state index contributed by atoms with van der Waals surface area (Å²) in [6, 6.07) is 30.0. The zero-order chi connectivity index (χ0) is 49.4. The molecule has 13 heteroatoms. The number of carbonyl (C=O) groups is 4. The summed E-state index contributed by atoms with van der Waals surface area (Å²) in [5.41, 5.74) is 29.7. The first-order chi connectivity index (χ1) is 31.6. The Morgan fingerprint density at radius 2 is 1.04 bits per heavy atom. The Morgan fingerprint density at radius 3 is 1.44 bits per heavy atom. The minimum atomic E-state index is -0.453. The molecule has 0 saturated heterocycles. The van der Waals surface area contributed by atoms with E-state index < -0.39 is 12.1 Å². The van der Waals surface area contributed by atoms with Crippen LogP contribution in [0.5, 0.6) is 0 Å².